The van der Waals surface area contributed by atoms with Crippen LogP contribution in [0.1, 0.15) is 0 Å². The molecule has 0 aliphatic heterocycles. The average Bonchev–Trinajstić information content (AvgIpc) is 0. The Hall–Kier alpha value is 2.71. The Labute approximate surface area is 111 Å². The van der Waals surface area contributed by atoms with Crippen LogP contribution < -0.4 is 90.4 Å². The summed E-state index contributed by atoms with van der Waals surface area (Å²) in [6.45, 7) is 0. The summed E-state index contributed by atoms with van der Waals surface area (Å²) in [5.41, 5.74) is 0. The van der Waals surface area contributed by atoms with Crippen LogP contribution in [-0.2, 0) is 0 Å². The average molecular weight is 174 g/mol. The largest absolute Gasteiger partial charge is 1.00 e. The van der Waals surface area contributed by atoms with E-state index in [4.69, 9.17) is 0 Å². The maximum absolute atomic E-state index is 0. The second-order valence-electron chi connectivity index (χ2n) is 0. The SMILES string of the molecule is F.F.S.[F-].[F-].[K+].[Na+]. The van der Waals surface area contributed by atoms with Crippen LogP contribution in [0.4, 0.5) is 9.41 Å². The summed E-state index contributed by atoms with van der Waals surface area (Å²) in [4.78, 5) is 0. The van der Waals surface area contributed by atoms with Gasteiger partial charge in [-0.2, -0.15) is 13.5 Å². The van der Waals surface area contributed by atoms with Gasteiger partial charge in [0.05, 0.1) is 0 Å². The van der Waals surface area contributed by atoms with Crippen LogP contribution in [0.2, 0.25) is 0 Å². The fourth-order valence-electron chi connectivity index (χ4n) is 0. The van der Waals surface area contributed by atoms with Crippen molar-refractivity contribution in [2.75, 3.05) is 0 Å². The normalized spacial score (nSPS) is 0. The van der Waals surface area contributed by atoms with Gasteiger partial charge in [-0.25, -0.2) is 0 Å². The second-order valence-corrected chi connectivity index (χ2v) is 0. The van der Waals surface area contributed by atoms with E-state index in [-0.39, 0.29) is 113 Å². The van der Waals surface area contributed by atoms with Crippen LogP contribution in [0.15, 0.2) is 0 Å². The molecule has 0 unspecified atom stereocenters. The van der Waals surface area contributed by atoms with E-state index >= 15 is 0 Å². The summed E-state index contributed by atoms with van der Waals surface area (Å²) in [5, 5.41) is 0. The molecule has 0 atom stereocenters. The van der Waals surface area contributed by atoms with E-state index < -0.39 is 0 Å². The summed E-state index contributed by atoms with van der Waals surface area (Å²) >= 11 is 0. The molecule has 0 rings (SSSR count). The van der Waals surface area contributed by atoms with Crippen molar-refractivity contribution in [1.82, 2.24) is 0 Å². The zero-order valence-corrected chi connectivity index (χ0v) is 10.2. The van der Waals surface area contributed by atoms with Crippen molar-refractivity contribution in [3.63, 3.8) is 0 Å². The van der Waals surface area contributed by atoms with Crippen LogP contribution in [0.25, 0.3) is 0 Å². The Morgan fingerprint density at radius 3 is 0.714 bits per heavy atom. The van der Waals surface area contributed by atoms with Gasteiger partial charge in [0.25, 0.3) is 0 Å². The van der Waals surface area contributed by atoms with Gasteiger partial charge in [-0.1, -0.05) is 0 Å². The fraction of sp³-hybridized carbons (Fsp3) is 0. The van der Waals surface area contributed by atoms with Crippen LogP contribution in [0.3, 0.4) is 0 Å². The van der Waals surface area contributed by atoms with Gasteiger partial charge in [0.15, 0.2) is 0 Å². The summed E-state index contributed by atoms with van der Waals surface area (Å²) in [6, 6.07) is 0. The minimum absolute atomic E-state index is 0. The van der Waals surface area contributed by atoms with E-state index in [0.717, 1.165) is 0 Å². The van der Waals surface area contributed by atoms with Crippen molar-refractivity contribution in [3.05, 3.63) is 0 Å². The zero-order valence-electron chi connectivity index (χ0n) is 4.07. The molecule has 0 aromatic carbocycles. The molecule has 0 amide bonds. The fourth-order valence-corrected chi connectivity index (χ4v) is 0. The Kier molecular flexibility index (Phi) is 1010. The van der Waals surface area contributed by atoms with E-state index in [1.54, 1.807) is 0 Å². The van der Waals surface area contributed by atoms with Gasteiger partial charge >= 0.3 is 80.9 Å². The van der Waals surface area contributed by atoms with Crippen LogP contribution >= 0.6 is 13.5 Å². The Morgan fingerprint density at radius 2 is 0.714 bits per heavy atom. The van der Waals surface area contributed by atoms with Gasteiger partial charge < -0.3 is 9.41 Å². The number of hydrogen-bond acceptors (Lipinski definition) is 0. The van der Waals surface area contributed by atoms with Crippen molar-refractivity contribution in [1.29, 1.82) is 0 Å². The Balaban J connectivity index is 0. The third-order valence-corrected chi connectivity index (χ3v) is 0. The molecule has 0 saturated heterocycles. The van der Waals surface area contributed by atoms with E-state index in [9.17, 15) is 0 Å². The third kappa shape index (κ3) is 53.5. The summed E-state index contributed by atoms with van der Waals surface area (Å²) in [5.74, 6) is 0. The maximum Gasteiger partial charge on any atom is 1.00 e. The van der Waals surface area contributed by atoms with Gasteiger partial charge in [-0.15, -0.1) is 0 Å². The maximum atomic E-state index is 0. The quantitative estimate of drug-likeness (QED) is 0.253. The second kappa shape index (κ2) is 70.6. The molecule has 0 aromatic heterocycles. The molecule has 0 spiro atoms. The molecule has 7 heteroatoms. The molecule has 0 aromatic rings. The molecule has 0 N–H and O–H groups in total. The molecule has 0 heterocycles. The molecule has 0 bridgehead atoms. The van der Waals surface area contributed by atoms with Gasteiger partial charge in [0.2, 0.25) is 0 Å². The molecule has 0 saturated carbocycles. The predicted octanol–water partition coefficient (Wildman–Crippen LogP) is -11.6. The summed E-state index contributed by atoms with van der Waals surface area (Å²) < 4.78 is 0. The molecular formula is H4F4KNaS. The predicted molar refractivity (Wildman–Crippen MR) is 15.4 cm³/mol. The third-order valence-electron chi connectivity index (χ3n) is 0. The van der Waals surface area contributed by atoms with E-state index in [1.165, 1.54) is 0 Å². The first kappa shape index (κ1) is 100. The van der Waals surface area contributed by atoms with Gasteiger partial charge in [-0.3, -0.25) is 9.41 Å². The molecule has 0 fully saturated rings. The molecule has 0 aliphatic rings. The minimum atomic E-state index is 0. The molecular weight excluding hydrogens is 170 g/mol. The van der Waals surface area contributed by atoms with Crippen molar-refractivity contribution < 1.29 is 99.8 Å². The standard InChI is InChI=1S/4FH.K.Na.H2S/h4*1H;;;1H2/q;;;;2*+1;/p-2. The number of rotatable bonds is 0. The monoisotopic (exact) mass is 174 g/mol. The smallest absolute Gasteiger partial charge is 1.00 e. The van der Waals surface area contributed by atoms with E-state index in [0.29, 0.717) is 0 Å². The van der Waals surface area contributed by atoms with Gasteiger partial charge in [0, 0.05) is 0 Å². The van der Waals surface area contributed by atoms with Gasteiger partial charge in [0.1, 0.15) is 0 Å². The Bertz CT molecular complexity index is 11.7. The van der Waals surface area contributed by atoms with Crippen LogP contribution in [0.5, 0.6) is 0 Å². The molecule has 0 aliphatic carbocycles. The summed E-state index contributed by atoms with van der Waals surface area (Å²) in [7, 11) is 0. The Morgan fingerprint density at radius 1 is 0.714 bits per heavy atom. The first-order valence-electron chi connectivity index (χ1n) is 0. The van der Waals surface area contributed by atoms with Crippen molar-refractivity contribution >= 4 is 13.5 Å². The van der Waals surface area contributed by atoms with Crippen molar-refractivity contribution in [3.8, 4) is 0 Å². The molecule has 0 nitrogen and oxygen atoms in total. The summed E-state index contributed by atoms with van der Waals surface area (Å²) in [6.07, 6.45) is 0. The minimum Gasteiger partial charge on any atom is -1.00 e. The number of halogens is 4. The molecule has 0 radical (unpaired) electrons. The number of hydrogen-bond donors (Lipinski definition) is 0. The zero-order chi connectivity index (χ0) is 0. The molecule has 40 valence electrons. The van der Waals surface area contributed by atoms with Crippen molar-refractivity contribution in [2.24, 2.45) is 0 Å². The first-order valence-corrected chi connectivity index (χ1v) is 0. The van der Waals surface area contributed by atoms with E-state index in [2.05, 4.69) is 0 Å². The van der Waals surface area contributed by atoms with Crippen LogP contribution in [0, 0.1) is 0 Å². The van der Waals surface area contributed by atoms with Crippen molar-refractivity contribution in [2.45, 2.75) is 0 Å². The van der Waals surface area contributed by atoms with E-state index in [1.807, 2.05) is 0 Å². The molecule has 7 heavy (non-hydrogen) atoms. The van der Waals surface area contributed by atoms with Crippen LogP contribution in [-0.4, -0.2) is 0 Å². The topological polar surface area (TPSA) is 0 Å². The van der Waals surface area contributed by atoms with Gasteiger partial charge in [-0.05, 0) is 0 Å². The first-order chi connectivity index (χ1) is 0.